The van der Waals surface area contributed by atoms with Gasteiger partial charge in [0.05, 0.1) is 0 Å². The van der Waals surface area contributed by atoms with Gasteiger partial charge in [0.25, 0.3) is 0 Å². The number of carbonyl (C=O) groups excluding carboxylic acids is 1. The number of nitrogens with one attached hydrogen (secondary N) is 1. The molecule has 0 saturated carbocycles. The van der Waals surface area contributed by atoms with Crippen molar-refractivity contribution in [1.29, 1.82) is 0 Å². The molecule has 0 atom stereocenters. The van der Waals surface area contributed by atoms with E-state index in [1.807, 2.05) is 50.3 Å². The SMILES string of the molecule is CC(C)/C=C/C(=O)NCc1ccccc1. The van der Waals surface area contributed by atoms with Crippen molar-refractivity contribution in [2.45, 2.75) is 20.4 Å². The van der Waals surface area contributed by atoms with Crippen molar-refractivity contribution in [1.82, 2.24) is 5.32 Å². The Labute approximate surface area is 91.0 Å². The first-order valence-electron chi connectivity index (χ1n) is 5.18. The molecule has 0 radical (unpaired) electrons. The van der Waals surface area contributed by atoms with Gasteiger partial charge in [0.2, 0.25) is 5.91 Å². The minimum Gasteiger partial charge on any atom is -0.348 e. The van der Waals surface area contributed by atoms with E-state index < -0.39 is 0 Å². The first-order valence-corrected chi connectivity index (χ1v) is 5.18. The molecule has 0 spiro atoms. The van der Waals surface area contributed by atoms with Crippen LogP contribution >= 0.6 is 0 Å². The van der Waals surface area contributed by atoms with Gasteiger partial charge in [0, 0.05) is 6.54 Å². The highest BCUT2D eigenvalue weighted by atomic mass is 16.1. The van der Waals surface area contributed by atoms with E-state index in [1.165, 1.54) is 0 Å². The maximum atomic E-state index is 11.3. The highest BCUT2D eigenvalue weighted by Crippen LogP contribution is 1.97. The third kappa shape index (κ3) is 5.01. The molecule has 1 amide bonds. The van der Waals surface area contributed by atoms with E-state index in [0.717, 1.165) is 5.56 Å². The molecule has 15 heavy (non-hydrogen) atoms. The van der Waals surface area contributed by atoms with Crippen LogP contribution < -0.4 is 5.32 Å². The second kappa shape index (κ2) is 6.02. The largest absolute Gasteiger partial charge is 0.348 e. The third-order valence-electron chi connectivity index (χ3n) is 1.94. The monoisotopic (exact) mass is 203 g/mol. The van der Waals surface area contributed by atoms with Crippen LogP contribution in [0.5, 0.6) is 0 Å². The van der Waals surface area contributed by atoms with E-state index in [0.29, 0.717) is 12.5 Å². The Morgan fingerprint density at radius 3 is 2.60 bits per heavy atom. The van der Waals surface area contributed by atoms with Crippen LogP contribution in [0.25, 0.3) is 0 Å². The summed E-state index contributed by atoms with van der Waals surface area (Å²) in [6.45, 7) is 4.67. The summed E-state index contributed by atoms with van der Waals surface area (Å²) in [4.78, 5) is 11.3. The van der Waals surface area contributed by atoms with Crippen LogP contribution in [0, 0.1) is 5.92 Å². The molecule has 0 bridgehead atoms. The zero-order chi connectivity index (χ0) is 11.1. The molecule has 2 nitrogen and oxygen atoms in total. The smallest absolute Gasteiger partial charge is 0.243 e. The Bertz CT molecular complexity index is 328. The van der Waals surface area contributed by atoms with Gasteiger partial charge in [-0.3, -0.25) is 4.79 Å². The summed E-state index contributed by atoms with van der Waals surface area (Å²) in [5.41, 5.74) is 1.11. The lowest BCUT2D eigenvalue weighted by Gasteiger charge is -2.02. The lowest BCUT2D eigenvalue weighted by molar-refractivity contribution is -0.116. The van der Waals surface area contributed by atoms with Gasteiger partial charge in [0.15, 0.2) is 0 Å². The average molecular weight is 203 g/mol. The Hall–Kier alpha value is -1.57. The molecule has 0 aliphatic heterocycles. The van der Waals surface area contributed by atoms with Gasteiger partial charge in [-0.15, -0.1) is 0 Å². The Morgan fingerprint density at radius 1 is 1.33 bits per heavy atom. The molecule has 0 unspecified atom stereocenters. The van der Waals surface area contributed by atoms with Gasteiger partial charge in [-0.25, -0.2) is 0 Å². The molecule has 1 rings (SSSR count). The number of allylic oxidation sites excluding steroid dienone is 1. The van der Waals surface area contributed by atoms with Gasteiger partial charge in [-0.05, 0) is 17.6 Å². The van der Waals surface area contributed by atoms with Gasteiger partial charge < -0.3 is 5.32 Å². The van der Waals surface area contributed by atoms with Gasteiger partial charge in [0.1, 0.15) is 0 Å². The molecule has 0 saturated heterocycles. The summed E-state index contributed by atoms with van der Waals surface area (Å²) in [7, 11) is 0. The van der Waals surface area contributed by atoms with Crippen LogP contribution in [0.2, 0.25) is 0 Å². The zero-order valence-corrected chi connectivity index (χ0v) is 9.23. The summed E-state index contributed by atoms with van der Waals surface area (Å²) in [6.07, 6.45) is 3.48. The molecule has 0 heterocycles. The standard InChI is InChI=1S/C13H17NO/c1-11(2)8-9-13(15)14-10-12-6-4-3-5-7-12/h3-9,11H,10H2,1-2H3,(H,14,15)/b9-8+. The molecule has 0 aliphatic carbocycles. The lowest BCUT2D eigenvalue weighted by Crippen LogP contribution is -2.20. The van der Waals surface area contributed by atoms with Crippen LogP contribution in [0.1, 0.15) is 19.4 Å². The lowest BCUT2D eigenvalue weighted by atomic mass is 10.2. The van der Waals surface area contributed by atoms with Crippen LogP contribution in [-0.4, -0.2) is 5.91 Å². The van der Waals surface area contributed by atoms with Crippen LogP contribution in [-0.2, 0) is 11.3 Å². The molecule has 0 aliphatic rings. The van der Waals surface area contributed by atoms with Crippen molar-refractivity contribution in [3.8, 4) is 0 Å². The first kappa shape index (κ1) is 11.5. The van der Waals surface area contributed by atoms with Gasteiger partial charge in [-0.1, -0.05) is 50.3 Å². The molecular weight excluding hydrogens is 186 g/mol. The zero-order valence-electron chi connectivity index (χ0n) is 9.23. The maximum Gasteiger partial charge on any atom is 0.243 e. The summed E-state index contributed by atoms with van der Waals surface area (Å²) >= 11 is 0. The van der Waals surface area contributed by atoms with E-state index >= 15 is 0 Å². The molecular formula is C13H17NO. The van der Waals surface area contributed by atoms with E-state index in [1.54, 1.807) is 6.08 Å². The fourth-order valence-electron chi connectivity index (χ4n) is 1.12. The van der Waals surface area contributed by atoms with Crippen LogP contribution in [0.4, 0.5) is 0 Å². The molecule has 1 aromatic carbocycles. The van der Waals surface area contributed by atoms with Crippen molar-refractivity contribution in [2.24, 2.45) is 5.92 Å². The normalized spacial score (nSPS) is 10.9. The fraction of sp³-hybridized carbons (Fsp3) is 0.308. The maximum absolute atomic E-state index is 11.3. The molecule has 80 valence electrons. The Balaban J connectivity index is 2.35. The number of amides is 1. The molecule has 0 aromatic heterocycles. The third-order valence-corrected chi connectivity index (χ3v) is 1.94. The second-order valence-corrected chi connectivity index (χ2v) is 3.81. The highest BCUT2D eigenvalue weighted by molar-refractivity contribution is 5.87. The summed E-state index contributed by atoms with van der Waals surface area (Å²) in [5.74, 6) is 0.375. The minimum atomic E-state index is -0.0347. The van der Waals surface area contributed by atoms with Gasteiger partial charge in [-0.2, -0.15) is 0 Å². The number of carbonyl (C=O) groups is 1. The number of rotatable bonds is 4. The number of benzene rings is 1. The molecule has 2 heteroatoms. The van der Waals surface area contributed by atoms with E-state index in [2.05, 4.69) is 5.32 Å². The van der Waals surface area contributed by atoms with Crippen molar-refractivity contribution in [2.75, 3.05) is 0 Å². The Kier molecular flexibility index (Phi) is 4.61. The van der Waals surface area contributed by atoms with Crippen molar-refractivity contribution in [3.63, 3.8) is 0 Å². The Morgan fingerprint density at radius 2 is 2.00 bits per heavy atom. The summed E-state index contributed by atoms with van der Waals surface area (Å²) < 4.78 is 0. The number of hydrogen-bond donors (Lipinski definition) is 1. The van der Waals surface area contributed by atoms with Crippen LogP contribution in [0.15, 0.2) is 42.5 Å². The van der Waals surface area contributed by atoms with E-state index in [9.17, 15) is 4.79 Å². The number of hydrogen-bond acceptors (Lipinski definition) is 1. The molecule has 1 aromatic rings. The predicted molar refractivity (Wildman–Crippen MR) is 62.3 cm³/mol. The molecule has 1 N–H and O–H groups in total. The first-order chi connectivity index (χ1) is 7.18. The quantitative estimate of drug-likeness (QED) is 0.748. The highest BCUT2D eigenvalue weighted by Gasteiger charge is 1.95. The topological polar surface area (TPSA) is 29.1 Å². The van der Waals surface area contributed by atoms with E-state index in [-0.39, 0.29) is 5.91 Å². The average Bonchev–Trinajstić information content (AvgIpc) is 2.25. The van der Waals surface area contributed by atoms with E-state index in [4.69, 9.17) is 0 Å². The minimum absolute atomic E-state index is 0.0347. The molecule has 0 fully saturated rings. The van der Waals surface area contributed by atoms with Crippen molar-refractivity contribution >= 4 is 5.91 Å². The summed E-state index contributed by atoms with van der Waals surface area (Å²) in [5, 5.41) is 2.83. The van der Waals surface area contributed by atoms with Gasteiger partial charge >= 0.3 is 0 Å². The summed E-state index contributed by atoms with van der Waals surface area (Å²) in [6, 6.07) is 9.87. The van der Waals surface area contributed by atoms with Crippen molar-refractivity contribution in [3.05, 3.63) is 48.0 Å². The van der Waals surface area contributed by atoms with Crippen molar-refractivity contribution < 1.29 is 4.79 Å². The fourth-order valence-corrected chi connectivity index (χ4v) is 1.12. The van der Waals surface area contributed by atoms with Crippen LogP contribution in [0.3, 0.4) is 0 Å². The predicted octanol–water partition coefficient (Wildman–Crippen LogP) is 2.52. The second-order valence-electron chi connectivity index (χ2n) is 3.81.